The highest BCUT2D eigenvalue weighted by molar-refractivity contribution is 7.89. The van der Waals surface area contributed by atoms with Crippen molar-refractivity contribution in [3.05, 3.63) is 29.6 Å². The summed E-state index contributed by atoms with van der Waals surface area (Å²) in [6.07, 6.45) is 1.08. The summed E-state index contributed by atoms with van der Waals surface area (Å²) in [5, 5.41) is 2.93. The van der Waals surface area contributed by atoms with Gasteiger partial charge >= 0.3 is 0 Å². The van der Waals surface area contributed by atoms with Crippen molar-refractivity contribution >= 4 is 28.3 Å². The van der Waals surface area contributed by atoms with Crippen LogP contribution in [-0.4, -0.2) is 62.3 Å². The van der Waals surface area contributed by atoms with Crippen LogP contribution in [0.4, 0.5) is 13.2 Å². The highest BCUT2D eigenvalue weighted by Gasteiger charge is 2.37. The second kappa shape index (κ2) is 8.12. The van der Waals surface area contributed by atoms with E-state index in [0.29, 0.717) is 38.1 Å². The second-order valence-electron chi connectivity index (χ2n) is 6.12. The van der Waals surface area contributed by atoms with Crippen LogP contribution in [0.25, 0.3) is 0 Å². The van der Waals surface area contributed by atoms with Crippen LogP contribution in [-0.2, 0) is 14.8 Å². The van der Waals surface area contributed by atoms with Crippen molar-refractivity contribution in [2.24, 2.45) is 0 Å². The average Bonchev–Trinajstić information content (AvgIpc) is 2.54. The first-order chi connectivity index (χ1) is 11.8. The highest BCUT2D eigenvalue weighted by atomic mass is 35.5. The predicted octanol–water partition coefficient (Wildman–Crippen LogP) is 1.11. The molecule has 2 heterocycles. The number of amides is 1. The van der Waals surface area contributed by atoms with Gasteiger partial charge in [0.25, 0.3) is 0 Å². The lowest BCUT2D eigenvalue weighted by molar-refractivity contribution is -0.135. The SMILES string of the molecule is Cl.O=C1CNCCN1C1CCCN(S(=O)(=O)c2c(F)cc(F)cc2F)C1. The van der Waals surface area contributed by atoms with Crippen LogP contribution in [0.1, 0.15) is 12.8 Å². The largest absolute Gasteiger partial charge is 0.336 e. The van der Waals surface area contributed by atoms with Gasteiger partial charge < -0.3 is 10.2 Å². The van der Waals surface area contributed by atoms with Crippen molar-refractivity contribution < 1.29 is 26.4 Å². The van der Waals surface area contributed by atoms with Crippen LogP contribution >= 0.6 is 12.4 Å². The number of halogens is 4. The summed E-state index contributed by atoms with van der Waals surface area (Å²) >= 11 is 0. The van der Waals surface area contributed by atoms with E-state index in [1.165, 1.54) is 0 Å². The van der Waals surface area contributed by atoms with Crippen LogP contribution in [0.5, 0.6) is 0 Å². The van der Waals surface area contributed by atoms with Crippen molar-refractivity contribution in [3.8, 4) is 0 Å². The van der Waals surface area contributed by atoms with Crippen molar-refractivity contribution in [2.45, 2.75) is 23.8 Å². The summed E-state index contributed by atoms with van der Waals surface area (Å²) in [5.74, 6) is -4.23. The number of carbonyl (C=O) groups excluding carboxylic acids is 1. The first kappa shape index (κ1) is 20.9. The molecule has 1 unspecified atom stereocenters. The molecule has 1 atom stereocenters. The molecule has 3 rings (SSSR count). The van der Waals surface area contributed by atoms with Gasteiger partial charge in [0.15, 0.2) is 4.90 Å². The van der Waals surface area contributed by atoms with Gasteiger partial charge in [-0.1, -0.05) is 0 Å². The molecular formula is C15H19ClF3N3O3S. The molecular weight excluding hydrogens is 395 g/mol. The standard InChI is InChI=1S/C15H18F3N3O3S.ClH/c16-10-6-12(17)15(13(18)7-10)25(23,24)20-4-1-2-11(9-20)21-5-3-19-8-14(21)22;/h6-7,11,19H,1-5,8-9H2;1H. The van der Waals surface area contributed by atoms with Crippen LogP contribution in [0.15, 0.2) is 17.0 Å². The Hall–Kier alpha value is -1.36. The van der Waals surface area contributed by atoms with Crippen molar-refractivity contribution in [3.63, 3.8) is 0 Å². The van der Waals surface area contributed by atoms with Gasteiger partial charge in [0.05, 0.1) is 6.54 Å². The van der Waals surface area contributed by atoms with Crippen LogP contribution in [0, 0.1) is 17.5 Å². The molecule has 0 spiro atoms. The highest BCUT2D eigenvalue weighted by Crippen LogP contribution is 2.27. The molecule has 0 saturated carbocycles. The summed E-state index contributed by atoms with van der Waals surface area (Å²) in [7, 11) is -4.47. The zero-order valence-electron chi connectivity index (χ0n) is 13.8. The summed E-state index contributed by atoms with van der Waals surface area (Å²) in [4.78, 5) is 12.5. The molecule has 1 aromatic carbocycles. The van der Waals surface area contributed by atoms with Gasteiger partial charge in [0, 0.05) is 44.4 Å². The number of piperazine rings is 1. The lowest BCUT2D eigenvalue weighted by Gasteiger charge is -2.40. The van der Waals surface area contributed by atoms with Gasteiger partial charge in [-0.25, -0.2) is 21.6 Å². The molecule has 0 radical (unpaired) electrons. The van der Waals surface area contributed by atoms with E-state index in [-0.39, 0.29) is 44.0 Å². The lowest BCUT2D eigenvalue weighted by Crippen LogP contribution is -2.57. The Morgan fingerprint density at radius 3 is 2.38 bits per heavy atom. The zero-order valence-corrected chi connectivity index (χ0v) is 15.4. The topological polar surface area (TPSA) is 69.7 Å². The van der Waals surface area contributed by atoms with Gasteiger partial charge in [-0.15, -0.1) is 12.4 Å². The average molecular weight is 414 g/mol. The van der Waals surface area contributed by atoms with Gasteiger partial charge in [0.1, 0.15) is 17.5 Å². The number of piperidine rings is 1. The fraction of sp³-hybridized carbons (Fsp3) is 0.533. The Balaban J connectivity index is 0.00000243. The minimum absolute atomic E-state index is 0. The van der Waals surface area contributed by atoms with Crippen LogP contribution in [0.3, 0.4) is 0 Å². The zero-order chi connectivity index (χ0) is 18.2. The van der Waals surface area contributed by atoms with Gasteiger partial charge in [0.2, 0.25) is 15.9 Å². The maximum absolute atomic E-state index is 13.9. The lowest BCUT2D eigenvalue weighted by atomic mass is 10.1. The van der Waals surface area contributed by atoms with Crippen molar-refractivity contribution in [2.75, 3.05) is 32.7 Å². The number of benzene rings is 1. The number of nitrogens with zero attached hydrogens (tertiary/aromatic N) is 2. The summed E-state index contributed by atoms with van der Waals surface area (Å²) in [6.45, 7) is 1.30. The number of carbonyl (C=O) groups is 1. The second-order valence-corrected chi connectivity index (χ2v) is 8.00. The molecule has 146 valence electrons. The maximum atomic E-state index is 13.9. The van der Waals surface area contributed by atoms with Crippen LogP contribution in [0.2, 0.25) is 0 Å². The summed E-state index contributed by atoms with van der Waals surface area (Å²) < 4.78 is 67.2. The molecule has 6 nitrogen and oxygen atoms in total. The molecule has 2 fully saturated rings. The van der Waals surface area contributed by atoms with E-state index in [2.05, 4.69) is 5.32 Å². The molecule has 1 amide bonds. The van der Waals surface area contributed by atoms with E-state index in [0.717, 1.165) is 4.31 Å². The molecule has 0 aromatic heterocycles. The third-order valence-electron chi connectivity index (χ3n) is 4.49. The number of rotatable bonds is 3. The fourth-order valence-corrected chi connectivity index (χ4v) is 4.91. The van der Waals surface area contributed by atoms with Crippen LogP contribution < -0.4 is 5.32 Å². The van der Waals surface area contributed by atoms with Gasteiger partial charge in [-0.05, 0) is 12.8 Å². The molecule has 2 saturated heterocycles. The summed E-state index contributed by atoms with van der Waals surface area (Å²) in [5.41, 5.74) is 0. The smallest absolute Gasteiger partial charge is 0.249 e. The minimum Gasteiger partial charge on any atom is -0.336 e. The molecule has 11 heteroatoms. The third-order valence-corrected chi connectivity index (χ3v) is 6.40. The number of hydrogen-bond acceptors (Lipinski definition) is 4. The van der Waals surface area contributed by atoms with E-state index in [1.807, 2.05) is 0 Å². The first-order valence-corrected chi connectivity index (χ1v) is 9.39. The monoisotopic (exact) mass is 413 g/mol. The van der Waals surface area contributed by atoms with E-state index >= 15 is 0 Å². The number of sulfonamides is 1. The minimum atomic E-state index is -4.47. The quantitative estimate of drug-likeness (QED) is 0.806. The third kappa shape index (κ3) is 3.98. The Morgan fingerprint density at radius 2 is 1.77 bits per heavy atom. The van der Waals surface area contributed by atoms with Gasteiger partial charge in [-0.2, -0.15) is 4.31 Å². The molecule has 26 heavy (non-hydrogen) atoms. The summed E-state index contributed by atoms with van der Waals surface area (Å²) in [6, 6.07) is 0.346. The molecule has 1 aromatic rings. The molecule has 0 bridgehead atoms. The predicted molar refractivity (Wildman–Crippen MR) is 89.9 cm³/mol. The Labute approximate surface area is 155 Å². The maximum Gasteiger partial charge on any atom is 0.249 e. The molecule has 2 aliphatic rings. The molecule has 1 N–H and O–H groups in total. The van der Waals surface area contributed by atoms with Crippen molar-refractivity contribution in [1.29, 1.82) is 0 Å². The first-order valence-electron chi connectivity index (χ1n) is 7.95. The van der Waals surface area contributed by atoms with E-state index < -0.39 is 32.4 Å². The van der Waals surface area contributed by atoms with Gasteiger partial charge in [-0.3, -0.25) is 4.79 Å². The van der Waals surface area contributed by atoms with E-state index in [9.17, 15) is 26.4 Å². The fourth-order valence-electron chi connectivity index (χ4n) is 3.31. The molecule has 0 aliphatic carbocycles. The molecule has 2 aliphatic heterocycles. The Morgan fingerprint density at radius 1 is 1.12 bits per heavy atom. The Bertz CT molecular complexity index is 771. The number of nitrogens with one attached hydrogen (secondary N) is 1. The van der Waals surface area contributed by atoms with E-state index in [4.69, 9.17) is 0 Å². The normalized spacial score (nSPS) is 22.2. The van der Waals surface area contributed by atoms with E-state index in [1.54, 1.807) is 4.90 Å². The van der Waals surface area contributed by atoms with Crippen molar-refractivity contribution in [1.82, 2.24) is 14.5 Å². The number of hydrogen-bond donors (Lipinski definition) is 1. The Kier molecular flexibility index (Phi) is 6.54.